The maximum absolute atomic E-state index is 11.9. The molecule has 21 heavy (non-hydrogen) atoms. The van der Waals surface area contributed by atoms with Gasteiger partial charge in [-0.1, -0.05) is 35.8 Å². The van der Waals surface area contributed by atoms with Crippen LogP contribution in [0.1, 0.15) is 19.4 Å². The van der Waals surface area contributed by atoms with E-state index in [0.29, 0.717) is 10.0 Å². The van der Waals surface area contributed by atoms with E-state index in [9.17, 15) is 19.7 Å². The van der Waals surface area contributed by atoms with Crippen LogP contribution >= 0.6 is 15.9 Å². The second-order valence-corrected chi connectivity index (χ2v) is 5.69. The molecule has 8 heteroatoms. The molecule has 1 aromatic carbocycles. The van der Waals surface area contributed by atoms with Gasteiger partial charge in [0.2, 0.25) is 5.91 Å². The molecule has 0 saturated heterocycles. The highest BCUT2D eigenvalue weighted by molar-refractivity contribution is 9.10. The maximum Gasteiger partial charge on any atom is 0.326 e. The molecule has 2 N–H and O–H groups in total. The molecule has 0 heterocycles. The van der Waals surface area contributed by atoms with Crippen molar-refractivity contribution in [2.45, 2.75) is 26.3 Å². The van der Waals surface area contributed by atoms with E-state index in [4.69, 9.17) is 5.11 Å². The van der Waals surface area contributed by atoms with Crippen molar-refractivity contribution in [1.29, 1.82) is 0 Å². The lowest BCUT2D eigenvalue weighted by Crippen LogP contribution is -2.44. The smallest absolute Gasteiger partial charge is 0.326 e. The van der Waals surface area contributed by atoms with Crippen LogP contribution in [0.15, 0.2) is 22.7 Å². The summed E-state index contributed by atoms with van der Waals surface area (Å²) in [6.07, 6.45) is -0.0604. The summed E-state index contributed by atoms with van der Waals surface area (Å²) >= 11 is 3.17. The Morgan fingerprint density at radius 2 is 2.05 bits per heavy atom. The number of nitro benzene ring substituents is 1. The number of hydrogen-bond donors (Lipinski definition) is 2. The SMILES string of the molecule is CC(C)[C@@H](NC(=O)Cc1ccc([N+](=O)[O-])cc1Br)C(=O)O. The van der Waals surface area contributed by atoms with E-state index in [2.05, 4.69) is 21.2 Å². The van der Waals surface area contributed by atoms with Gasteiger partial charge in [-0.3, -0.25) is 14.9 Å². The Morgan fingerprint density at radius 3 is 2.48 bits per heavy atom. The van der Waals surface area contributed by atoms with Crippen LogP contribution in [0.25, 0.3) is 0 Å². The van der Waals surface area contributed by atoms with E-state index in [-0.39, 0.29) is 18.0 Å². The number of rotatable bonds is 6. The van der Waals surface area contributed by atoms with Crippen LogP contribution in [-0.4, -0.2) is 27.9 Å². The van der Waals surface area contributed by atoms with Crippen molar-refractivity contribution in [3.8, 4) is 0 Å². The number of nitrogens with one attached hydrogen (secondary N) is 1. The van der Waals surface area contributed by atoms with Gasteiger partial charge in [0.05, 0.1) is 11.3 Å². The van der Waals surface area contributed by atoms with Gasteiger partial charge in [-0.2, -0.15) is 0 Å². The molecule has 114 valence electrons. The molecule has 0 saturated carbocycles. The molecule has 0 aliphatic rings. The Labute approximate surface area is 129 Å². The molecule has 0 aromatic heterocycles. The lowest BCUT2D eigenvalue weighted by Gasteiger charge is -2.18. The molecule has 7 nitrogen and oxygen atoms in total. The number of carboxylic acids is 1. The summed E-state index contributed by atoms with van der Waals surface area (Å²) in [7, 11) is 0. The molecule has 0 aliphatic carbocycles. The van der Waals surface area contributed by atoms with Gasteiger partial charge in [0.25, 0.3) is 5.69 Å². The first kappa shape index (κ1) is 17.1. The largest absolute Gasteiger partial charge is 0.480 e. The predicted molar refractivity (Wildman–Crippen MR) is 78.9 cm³/mol. The van der Waals surface area contributed by atoms with Crippen molar-refractivity contribution in [3.05, 3.63) is 38.3 Å². The molecular formula is C13H15BrN2O5. The quantitative estimate of drug-likeness (QED) is 0.597. The first-order chi connectivity index (χ1) is 9.72. The second-order valence-electron chi connectivity index (χ2n) is 4.84. The second kappa shape index (κ2) is 7.16. The van der Waals surface area contributed by atoms with Gasteiger partial charge in [-0.05, 0) is 11.5 Å². The summed E-state index contributed by atoms with van der Waals surface area (Å²) in [4.78, 5) is 33.0. The van der Waals surface area contributed by atoms with Crippen LogP contribution in [0.5, 0.6) is 0 Å². The number of amides is 1. The molecular weight excluding hydrogens is 344 g/mol. The third-order valence-corrected chi connectivity index (χ3v) is 3.59. The highest BCUT2D eigenvalue weighted by Crippen LogP contribution is 2.23. The minimum Gasteiger partial charge on any atom is -0.480 e. The molecule has 0 fully saturated rings. The lowest BCUT2D eigenvalue weighted by molar-refractivity contribution is -0.384. The van der Waals surface area contributed by atoms with Gasteiger partial charge in [0, 0.05) is 16.6 Å². The molecule has 1 aromatic rings. The zero-order valence-corrected chi connectivity index (χ0v) is 13.1. The zero-order chi connectivity index (χ0) is 16.2. The molecule has 1 rings (SSSR count). The fourth-order valence-electron chi connectivity index (χ4n) is 1.70. The fourth-order valence-corrected chi connectivity index (χ4v) is 2.21. The van der Waals surface area contributed by atoms with Crippen LogP contribution in [0.4, 0.5) is 5.69 Å². The number of nitro groups is 1. The highest BCUT2D eigenvalue weighted by atomic mass is 79.9. The van der Waals surface area contributed by atoms with E-state index in [0.717, 1.165) is 0 Å². The van der Waals surface area contributed by atoms with Crippen LogP contribution in [0.2, 0.25) is 0 Å². The zero-order valence-electron chi connectivity index (χ0n) is 11.5. The molecule has 0 radical (unpaired) electrons. The third kappa shape index (κ3) is 4.82. The minimum absolute atomic E-state index is 0.0604. The van der Waals surface area contributed by atoms with Crippen molar-refractivity contribution in [2.75, 3.05) is 0 Å². The Hall–Kier alpha value is -1.96. The minimum atomic E-state index is -1.10. The molecule has 1 amide bonds. The predicted octanol–water partition coefficient (Wildman–Crippen LogP) is 2.13. The number of carbonyl (C=O) groups excluding carboxylic acids is 1. The number of nitrogens with zero attached hydrogens (tertiary/aromatic N) is 1. The van der Waals surface area contributed by atoms with Crippen LogP contribution in [0, 0.1) is 16.0 Å². The number of carbonyl (C=O) groups is 2. The molecule has 0 bridgehead atoms. The first-order valence-electron chi connectivity index (χ1n) is 6.17. The van der Waals surface area contributed by atoms with Gasteiger partial charge < -0.3 is 10.4 Å². The average Bonchev–Trinajstić information content (AvgIpc) is 2.37. The first-order valence-corrected chi connectivity index (χ1v) is 6.96. The number of non-ortho nitro benzene ring substituents is 1. The monoisotopic (exact) mass is 358 g/mol. The van der Waals surface area contributed by atoms with Gasteiger partial charge in [-0.25, -0.2) is 4.79 Å². The van der Waals surface area contributed by atoms with Crippen molar-refractivity contribution in [2.24, 2.45) is 5.92 Å². The number of hydrogen-bond acceptors (Lipinski definition) is 4. The summed E-state index contributed by atoms with van der Waals surface area (Å²) in [6.45, 7) is 3.39. The van der Waals surface area contributed by atoms with E-state index in [1.54, 1.807) is 13.8 Å². The van der Waals surface area contributed by atoms with Crippen LogP contribution in [-0.2, 0) is 16.0 Å². The summed E-state index contributed by atoms with van der Waals surface area (Å²) in [5, 5.41) is 22.1. The number of halogens is 1. The van der Waals surface area contributed by atoms with Crippen molar-refractivity contribution in [3.63, 3.8) is 0 Å². The van der Waals surface area contributed by atoms with Crippen LogP contribution < -0.4 is 5.32 Å². The number of aliphatic carboxylic acids is 1. The average molecular weight is 359 g/mol. The maximum atomic E-state index is 11.9. The highest BCUT2D eigenvalue weighted by Gasteiger charge is 2.23. The summed E-state index contributed by atoms with van der Waals surface area (Å²) < 4.78 is 0.434. The van der Waals surface area contributed by atoms with E-state index in [1.165, 1.54) is 18.2 Å². The Morgan fingerprint density at radius 1 is 1.43 bits per heavy atom. The molecule has 1 atom stereocenters. The van der Waals surface area contributed by atoms with Gasteiger partial charge in [0.1, 0.15) is 6.04 Å². The van der Waals surface area contributed by atoms with Gasteiger partial charge >= 0.3 is 5.97 Å². The van der Waals surface area contributed by atoms with E-state index in [1.807, 2.05) is 0 Å². The van der Waals surface area contributed by atoms with Crippen molar-refractivity contribution >= 4 is 33.5 Å². The molecule has 0 aliphatic heterocycles. The van der Waals surface area contributed by atoms with Gasteiger partial charge in [0.15, 0.2) is 0 Å². The summed E-state index contributed by atoms with van der Waals surface area (Å²) in [5.41, 5.74) is 0.461. The third-order valence-electron chi connectivity index (χ3n) is 2.85. The standard InChI is InChI=1S/C13H15BrN2O5/c1-7(2)12(13(18)19)15-11(17)5-8-3-4-9(16(20)21)6-10(8)14/h3-4,6-7,12H,5H2,1-2H3,(H,15,17)(H,18,19)/t12-/m1/s1. The van der Waals surface area contributed by atoms with Crippen LogP contribution in [0.3, 0.4) is 0 Å². The van der Waals surface area contributed by atoms with Crippen molar-refractivity contribution in [1.82, 2.24) is 5.32 Å². The van der Waals surface area contributed by atoms with E-state index >= 15 is 0 Å². The summed E-state index contributed by atoms with van der Waals surface area (Å²) in [6, 6.07) is 3.10. The van der Waals surface area contributed by atoms with E-state index < -0.39 is 22.8 Å². The van der Waals surface area contributed by atoms with Crippen molar-refractivity contribution < 1.29 is 19.6 Å². The number of benzene rings is 1. The molecule has 0 spiro atoms. The Bertz CT molecular complexity index is 574. The lowest BCUT2D eigenvalue weighted by atomic mass is 10.0. The fraction of sp³-hybridized carbons (Fsp3) is 0.385. The molecule has 0 unspecified atom stereocenters. The number of carboxylic acid groups (broad SMARTS) is 1. The van der Waals surface area contributed by atoms with Gasteiger partial charge in [-0.15, -0.1) is 0 Å². The normalized spacial score (nSPS) is 12.0. The Kier molecular flexibility index (Phi) is 5.83. The topological polar surface area (TPSA) is 110 Å². The summed E-state index contributed by atoms with van der Waals surface area (Å²) in [5.74, 6) is -1.79. The Balaban J connectivity index is 2.79.